The molecule has 1 aromatic heterocycles. The maximum atomic E-state index is 12.1. The molecule has 22 heavy (non-hydrogen) atoms. The maximum Gasteiger partial charge on any atom is 0.289 e. The normalized spacial score (nSPS) is 15.6. The molecule has 0 spiro atoms. The first-order valence-corrected chi connectivity index (χ1v) is 8.13. The van der Waals surface area contributed by atoms with Crippen molar-refractivity contribution in [3.8, 4) is 11.3 Å². The molecule has 2 aromatic rings. The fourth-order valence-electron chi connectivity index (χ4n) is 3.08. The van der Waals surface area contributed by atoms with Crippen LogP contribution in [-0.4, -0.2) is 17.6 Å². The lowest BCUT2D eigenvalue weighted by Crippen LogP contribution is -2.26. The van der Waals surface area contributed by atoms with E-state index in [4.69, 9.17) is 4.52 Å². The zero-order valence-electron chi connectivity index (χ0n) is 12.8. The molecule has 0 aliphatic heterocycles. The summed E-state index contributed by atoms with van der Waals surface area (Å²) < 4.78 is 5.16. The van der Waals surface area contributed by atoms with Crippen molar-refractivity contribution >= 4 is 5.91 Å². The first-order chi connectivity index (χ1) is 10.8. The van der Waals surface area contributed by atoms with Gasteiger partial charge >= 0.3 is 0 Å². The van der Waals surface area contributed by atoms with Gasteiger partial charge in [-0.15, -0.1) is 0 Å². The van der Waals surface area contributed by atoms with Crippen molar-refractivity contribution in [3.63, 3.8) is 0 Å². The highest BCUT2D eigenvalue weighted by atomic mass is 16.5. The SMILES string of the molecule is O=C(NCCC1CCCCC1)c1cc(-c2ccccc2)no1. The quantitative estimate of drug-likeness (QED) is 0.906. The van der Waals surface area contributed by atoms with Gasteiger partial charge in [-0.3, -0.25) is 4.79 Å². The number of rotatable bonds is 5. The van der Waals surface area contributed by atoms with Gasteiger partial charge in [-0.1, -0.05) is 67.6 Å². The third kappa shape index (κ3) is 3.75. The molecular weight excluding hydrogens is 276 g/mol. The first kappa shape index (κ1) is 14.8. The van der Waals surface area contributed by atoms with Crippen molar-refractivity contribution in [2.24, 2.45) is 5.92 Å². The molecule has 1 N–H and O–H groups in total. The Morgan fingerprint density at radius 3 is 2.73 bits per heavy atom. The van der Waals surface area contributed by atoms with Crippen molar-refractivity contribution in [1.29, 1.82) is 0 Å². The molecule has 1 aliphatic carbocycles. The molecule has 116 valence electrons. The number of aromatic nitrogens is 1. The third-order valence-corrected chi connectivity index (χ3v) is 4.37. The zero-order valence-corrected chi connectivity index (χ0v) is 12.8. The van der Waals surface area contributed by atoms with Crippen molar-refractivity contribution in [1.82, 2.24) is 10.5 Å². The van der Waals surface area contributed by atoms with Gasteiger partial charge in [0.1, 0.15) is 5.69 Å². The number of hydrogen-bond acceptors (Lipinski definition) is 3. The number of nitrogens with one attached hydrogen (secondary N) is 1. The van der Waals surface area contributed by atoms with Crippen LogP contribution in [-0.2, 0) is 0 Å². The van der Waals surface area contributed by atoms with Gasteiger partial charge in [0.15, 0.2) is 0 Å². The van der Waals surface area contributed by atoms with Crippen LogP contribution in [0.3, 0.4) is 0 Å². The Kier molecular flexibility index (Phi) is 4.88. The van der Waals surface area contributed by atoms with E-state index in [1.54, 1.807) is 6.07 Å². The molecule has 0 unspecified atom stereocenters. The van der Waals surface area contributed by atoms with Crippen LogP contribution < -0.4 is 5.32 Å². The van der Waals surface area contributed by atoms with Gasteiger partial charge in [0.25, 0.3) is 5.91 Å². The highest BCUT2D eigenvalue weighted by Crippen LogP contribution is 2.25. The van der Waals surface area contributed by atoms with Crippen LogP contribution >= 0.6 is 0 Å². The van der Waals surface area contributed by atoms with Gasteiger partial charge in [0.2, 0.25) is 5.76 Å². The lowest BCUT2D eigenvalue weighted by Gasteiger charge is -2.21. The monoisotopic (exact) mass is 298 g/mol. The number of hydrogen-bond donors (Lipinski definition) is 1. The third-order valence-electron chi connectivity index (χ3n) is 4.37. The van der Waals surface area contributed by atoms with E-state index in [1.165, 1.54) is 32.1 Å². The Morgan fingerprint density at radius 2 is 1.95 bits per heavy atom. The molecule has 0 saturated heterocycles. The summed E-state index contributed by atoms with van der Waals surface area (Å²) in [6.07, 6.45) is 7.70. The molecule has 1 saturated carbocycles. The number of carbonyl (C=O) groups is 1. The summed E-state index contributed by atoms with van der Waals surface area (Å²) in [7, 11) is 0. The largest absolute Gasteiger partial charge is 0.350 e. The second-order valence-corrected chi connectivity index (χ2v) is 5.99. The van der Waals surface area contributed by atoms with Gasteiger partial charge < -0.3 is 9.84 Å². The average molecular weight is 298 g/mol. The molecular formula is C18H22N2O2. The molecule has 1 heterocycles. The van der Waals surface area contributed by atoms with E-state index in [-0.39, 0.29) is 11.7 Å². The molecule has 4 nitrogen and oxygen atoms in total. The molecule has 4 heteroatoms. The van der Waals surface area contributed by atoms with Crippen LogP contribution in [0.5, 0.6) is 0 Å². The lowest BCUT2D eigenvalue weighted by molar-refractivity contribution is 0.0913. The van der Waals surface area contributed by atoms with Crippen molar-refractivity contribution in [2.45, 2.75) is 38.5 Å². The van der Waals surface area contributed by atoms with E-state index in [0.717, 1.165) is 17.9 Å². The Balaban J connectivity index is 1.51. The van der Waals surface area contributed by atoms with Gasteiger partial charge in [-0.25, -0.2) is 0 Å². The van der Waals surface area contributed by atoms with Crippen LogP contribution in [0.1, 0.15) is 49.1 Å². The molecule has 0 bridgehead atoms. The van der Waals surface area contributed by atoms with Crippen LogP contribution in [0, 0.1) is 5.92 Å². The fourth-order valence-corrected chi connectivity index (χ4v) is 3.08. The van der Waals surface area contributed by atoms with E-state index < -0.39 is 0 Å². The molecule has 1 amide bonds. The minimum atomic E-state index is -0.175. The van der Waals surface area contributed by atoms with Gasteiger partial charge in [0, 0.05) is 18.2 Å². The highest BCUT2D eigenvalue weighted by Gasteiger charge is 2.16. The van der Waals surface area contributed by atoms with E-state index >= 15 is 0 Å². The summed E-state index contributed by atoms with van der Waals surface area (Å²) in [5.74, 6) is 0.872. The molecule has 0 atom stereocenters. The standard InChI is InChI=1S/C18H22N2O2/c21-18(19-12-11-14-7-3-1-4-8-14)17-13-16(20-22-17)15-9-5-2-6-10-15/h2,5-6,9-10,13-14H,1,3-4,7-8,11-12H2,(H,19,21). The summed E-state index contributed by atoms with van der Waals surface area (Å²) in [5, 5.41) is 6.91. The number of amides is 1. The van der Waals surface area contributed by atoms with Crippen molar-refractivity contribution in [2.75, 3.05) is 6.54 Å². The summed E-state index contributed by atoms with van der Waals surface area (Å²) in [4.78, 5) is 12.1. The Bertz CT molecular complexity index is 601. The minimum Gasteiger partial charge on any atom is -0.350 e. The molecule has 1 aliphatic rings. The summed E-state index contributed by atoms with van der Waals surface area (Å²) in [5.41, 5.74) is 1.64. The van der Waals surface area contributed by atoms with Gasteiger partial charge in [-0.05, 0) is 12.3 Å². The van der Waals surface area contributed by atoms with Crippen LogP contribution in [0.25, 0.3) is 11.3 Å². The van der Waals surface area contributed by atoms with Crippen LogP contribution in [0.15, 0.2) is 40.9 Å². The Morgan fingerprint density at radius 1 is 1.18 bits per heavy atom. The first-order valence-electron chi connectivity index (χ1n) is 8.13. The smallest absolute Gasteiger partial charge is 0.289 e. The van der Waals surface area contributed by atoms with E-state index in [0.29, 0.717) is 12.2 Å². The molecule has 0 radical (unpaired) electrons. The van der Waals surface area contributed by atoms with Gasteiger partial charge in [0.05, 0.1) is 0 Å². The van der Waals surface area contributed by atoms with Gasteiger partial charge in [-0.2, -0.15) is 0 Å². The minimum absolute atomic E-state index is 0.175. The number of benzene rings is 1. The van der Waals surface area contributed by atoms with Crippen molar-refractivity contribution < 1.29 is 9.32 Å². The number of nitrogens with zero attached hydrogens (tertiary/aromatic N) is 1. The average Bonchev–Trinajstić information content (AvgIpc) is 3.07. The van der Waals surface area contributed by atoms with E-state index in [2.05, 4.69) is 10.5 Å². The maximum absolute atomic E-state index is 12.1. The Hall–Kier alpha value is -2.10. The predicted octanol–water partition coefficient (Wildman–Crippen LogP) is 4.04. The molecule has 1 fully saturated rings. The lowest BCUT2D eigenvalue weighted by atomic mass is 9.87. The second-order valence-electron chi connectivity index (χ2n) is 5.99. The van der Waals surface area contributed by atoms with Crippen LogP contribution in [0.2, 0.25) is 0 Å². The molecule has 3 rings (SSSR count). The van der Waals surface area contributed by atoms with E-state index in [9.17, 15) is 4.79 Å². The second kappa shape index (κ2) is 7.25. The van der Waals surface area contributed by atoms with Crippen LogP contribution in [0.4, 0.5) is 0 Å². The predicted molar refractivity (Wildman–Crippen MR) is 85.5 cm³/mol. The summed E-state index contributed by atoms with van der Waals surface area (Å²) in [6.45, 7) is 0.713. The van der Waals surface area contributed by atoms with Crippen molar-refractivity contribution in [3.05, 3.63) is 42.2 Å². The topological polar surface area (TPSA) is 55.1 Å². The highest BCUT2D eigenvalue weighted by molar-refractivity contribution is 5.92. The number of carbonyl (C=O) groups excluding carboxylic acids is 1. The Labute approximate surface area is 130 Å². The van der Waals surface area contributed by atoms with E-state index in [1.807, 2.05) is 30.3 Å². The fraction of sp³-hybridized carbons (Fsp3) is 0.444. The summed E-state index contributed by atoms with van der Waals surface area (Å²) >= 11 is 0. The molecule has 1 aromatic carbocycles. The summed E-state index contributed by atoms with van der Waals surface area (Å²) in [6, 6.07) is 11.4. The zero-order chi connectivity index (χ0) is 15.2.